The average Bonchev–Trinajstić information content (AvgIpc) is 2.21. The molecule has 0 aliphatic rings. The van der Waals surface area contributed by atoms with Gasteiger partial charge in [0, 0.05) is 5.56 Å². The summed E-state index contributed by atoms with van der Waals surface area (Å²) < 4.78 is 0. The van der Waals surface area contributed by atoms with E-state index in [0.29, 0.717) is 5.56 Å². The molecule has 0 saturated carbocycles. The van der Waals surface area contributed by atoms with Gasteiger partial charge in [0.05, 0.1) is 6.42 Å². The van der Waals surface area contributed by atoms with Gasteiger partial charge in [-0.1, -0.05) is 44.2 Å². The summed E-state index contributed by atoms with van der Waals surface area (Å²) in [7, 11) is 0. The fourth-order valence-electron chi connectivity index (χ4n) is 0.884. The third kappa shape index (κ3) is 4.40. The first kappa shape index (κ1) is 12.4. The van der Waals surface area contributed by atoms with Crippen molar-refractivity contribution in [1.82, 2.24) is 0 Å². The summed E-state index contributed by atoms with van der Waals surface area (Å²) in [6, 6.07) is 8.61. The van der Waals surface area contributed by atoms with Crippen molar-refractivity contribution >= 4 is 11.7 Å². The van der Waals surface area contributed by atoms with Gasteiger partial charge in [-0.05, 0) is 0 Å². The second kappa shape index (κ2) is 6.83. The summed E-state index contributed by atoms with van der Waals surface area (Å²) in [6.07, 6.45) is -0.218. The molecule has 0 bridgehead atoms. The van der Waals surface area contributed by atoms with Gasteiger partial charge in [0.15, 0.2) is 5.78 Å². The van der Waals surface area contributed by atoms with E-state index in [1.807, 2.05) is 13.8 Å². The van der Waals surface area contributed by atoms with Crippen LogP contribution in [0.5, 0.6) is 0 Å². The molecule has 0 unspecified atom stereocenters. The largest absolute Gasteiger partial charge is 0.369 e. The first-order valence-electron chi connectivity index (χ1n) is 4.56. The molecular weight excluding hydrogens is 178 g/mol. The lowest BCUT2D eigenvalue weighted by atomic mass is 10.1. The lowest BCUT2D eigenvalue weighted by Gasteiger charge is -1.95. The highest BCUT2D eigenvalue weighted by Crippen LogP contribution is 2.01. The zero-order valence-corrected chi connectivity index (χ0v) is 8.49. The SMILES string of the molecule is CC.NC(=O)CC(=O)c1ccccc1. The number of ketones is 1. The zero-order valence-electron chi connectivity index (χ0n) is 8.49. The Hall–Kier alpha value is -1.64. The van der Waals surface area contributed by atoms with Gasteiger partial charge in [0.1, 0.15) is 0 Å². The van der Waals surface area contributed by atoms with E-state index in [1.165, 1.54) is 0 Å². The maximum Gasteiger partial charge on any atom is 0.225 e. The number of Topliss-reactive ketones (excluding diaryl/α,β-unsaturated/α-hetero) is 1. The van der Waals surface area contributed by atoms with E-state index >= 15 is 0 Å². The number of benzene rings is 1. The molecule has 0 radical (unpaired) electrons. The van der Waals surface area contributed by atoms with Crippen molar-refractivity contribution in [3.63, 3.8) is 0 Å². The molecule has 0 aliphatic carbocycles. The Balaban J connectivity index is 0.000000791. The van der Waals surface area contributed by atoms with E-state index < -0.39 is 5.91 Å². The molecule has 3 heteroatoms. The van der Waals surface area contributed by atoms with Crippen molar-refractivity contribution in [2.75, 3.05) is 0 Å². The van der Waals surface area contributed by atoms with Crippen molar-refractivity contribution in [1.29, 1.82) is 0 Å². The molecule has 0 aromatic heterocycles. The number of hydrogen-bond donors (Lipinski definition) is 1. The molecule has 1 aromatic rings. The molecule has 1 amide bonds. The number of hydrogen-bond acceptors (Lipinski definition) is 2. The van der Waals surface area contributed by atoms with Crippen LogP contribution in [0.3, 0.4) is 0 Å². The van der Waals surface area contributed by atoms with Gasteiger partial charge < -0.3 is 5.73 Å². The van der Waals surface area contributed by atoms with Gasteiger partial charge in [-0.3, -0.25) is 9.59 Å². The molecule has 0 spiro atoms. The fourth-order valence-corrected chi connectivity index (χ4v) is 0.884. The Morgan fingerprint density at radius 1 is 1.14 bits per heavy atom. The highest BCUT2D eigenvalue weighted by molar-refractivity contribution is 6.06. The average molecular weight is 193 g/mol. The molecule has 76 valence electrons. The Kier molecular flexibility index (Phi) is 6.03. The Morgan fingerprint density at radius 3 is 2.07 bits per heavy atom. The van der Waals surface area contributed by atoms with Crippen molar-refractivity contribution in [3.05, 3.63) is 35.9 Å². The summed E-state index contributed by atoms with van der Waals surface area (Å²) in [6.45, 7) is 4.00. The van der Waals surface area contributed by atoms with Gasteiger partial charge in [-0.2, -0.15) is 0 Å². The lowest BCUT2D eigenvalue weighted by molar-refractivity contribution is -0.117. The van der Waals surface area contributed by atoms with Crippen LogP contribution in [0.15, 0.2) is 30.3 Å². The molecule has 0 saturated heterocycles. The molecular formula is C11H15NO2. The number of nitrogens with two attached hydrogens (primary N) is 1. The van der Waals surface area contributed by atoms with Gasteiger partial charge in [0.25, 0.3) is 0 Å². The molecule has 2 N–H and O–H groups in total. The van der Waals surface area contributed by atoms with Gasteiger partial charge in [-0.15, -0.1) is 0 Å². The Bertz CT molecular complexity index is 293. The van der Waals surface area contributed by atoms with Crippen LogP contribution in [0.2, 0.25) is 0 Å². The molecule has 1 rings (SSSR count). The van der Waals surface area contributed by atoms with E-state index in [2.05, 4.69) is 0 Å². The van der Waals surface area contributed by atoms with Crippen LogP contribution >= 0.6 is 0 Å². The number of primary amides is 1. The van der Waals surface area contributed by atoms with E-state index in [9.17, 15) is 9.59 Å². The van der Waals surface area contributed by atoms with E-state index in [1.54, 1.807) is 30.3 Å². The number of rotatable bonds is 3. The number of carbonyl (C=O) groups excluding carboxylic acids is 2. The summed E-state index contributed by atoms with van der Waals surface area (Å²) in [5.74, 6) is -0.827. The first-order valence-corrected chi connectivity index (χ1v) is 4.56. The maximum absolute atomic E-state index is 11.2. The Labute approximate surface area is 83.9 Å². The second-order valence-corrected chi connectivity index (χ2v) is 2.43. The molecule has 0 aliphatic heterocycles. The highest BCUT2D eigenvalue weighted by Gasteiger charge is 2.07. The van der Waals surface area contributed by atoms with Crippen molar-refractivity contribution in [2.45, 2.75) is 20.3 Å². The predicted molar refractivity (Wildman–Crippen MR) is 55.9 cm³/mol. The number of carbonyl (C=O) groups is 2. The first-order chi connectivity index (χ1) is 6.70. The van der Waals surface area contributed by atoms with Gasteiger partial charge >= 0.3 is 0 Å². The molecule has 0 heterocycles. The topological polar surface area (TPSA) is 60.2 Å². The molecule has 3 nitrogen and oxygen atoms in total. The quantitative estimate of drug-likeness (QED) is 0.587. The third-order valence-corrected chi connectivity index (χ3v) is 1.43. The van der Waals surface area contributed by atoms with Crippen molar-refractivity contribution < 1.29 is 9.59 Å². The van der Waals surface area contributed by atoms with Crippen molar-refractivity contribution in [2.24, 2.45) is 5.73 Å². The van der Waals surface area contributed by atoms with Crippen LogP contribution in [0.4, 0.5) is 0 Å². The molecule has 14 heavy (non-hydrogen) atoms. The van der Waals surface area contributed by atoms with Gasteiger partial charge in [-0.25, -0.2) is 0 Å². The predicted octanol–water partition coefficient (Wildman–Crippen LogP) is 1.77. The van der Waals surface area contributed by atoms with E-state index in [0.717, 1.165) is 0 Å². The monoisotopic (exact) mass is 193 g/mol. The van der Waals surface area contributed by atoms with E-state index in [-0.39, 0.29) is 12.2 Å². The summed E-state index contributed by atoms with van der Waals surface area (Å²) in [5, 5.41) is 0. The third-order valence-electron chi connectivity index (χ3n) is 1.43. The lowest BCUT2D eigenvalue weighted by Crippen LogP contribution is -2.16. The highest BCUT2D eigenvalue weighted by atomic mass is 16.2. The van der Waals surface area contributed by atoms with E-state index in [4.69, 9.17) is 5.73 Å². The van der Waals surface area contributed by atoms with Crippen LogP contribution in [-0.4, -0.2) is 11.7 Å². The molecule has 1 aromatic carbocycles. The minimum Gasteiger partial charge on any atom is -0.369 e. The Morgan fingerprint density at radius 2 is 1.64 bits per heavy atom. The maximum atomic E-state index is 11.2. The standard InChI is InChI=1S/C9H9NO2.C2H6/c10-9(12)6-8(11)7-4-2-1-3-5-7;1-2/h1-5H,6H2,(H2,10,12);1-2H3. The van der Waals surface area contributed by atoms with Crippen LogP contribution < -0.4 is 5.73 Å². The van der Waals surface area contributed by atoms with Crippen LogP contribution in [0.25, 0.3) is 0 Å². The van der Waals surface area contributed by atoms with Crippen LogP contribution in [-0.2, 0) is 4.79 Å². The second-order valence-electron chi connectivity index (χ2n) is 2.43. The summed E-state index contributed by atoms with van der Waals surface area (Å²) in [5.41, 5.74) is 5.40. The normalized spacial score (nSPS) is 8.43. The zero-order chi connectivity index (χ0) is 11.0. The number of amides is 1. The summed E-state index contributed by atoms with van der Waals surface area (Å²) in [4.78, 5) is 21.5. The molecule has 0 fully saturated rings. The van der Waals surface area contributed by atoms with Crippen molar-refractivity contribution in [3.8, 4) is 0 Å². The minimum absolute atomic E-state index is 0.218. The van der Waals surface area contributed by atoms with Crippen LogP contribution in [0.1, 0.15) is 30.6 Å². The fraction of sp³-hybridized carbons (Fsp3) is 0.273. The van der Waals surface area contributed by atoms with Crippen LogP contribution in [0, 0.1) is 0 Å². The minimum atomic E-state index is -0.594. The molecule has 0 atom stereocenters. The smallest absolute Gasteiger partial charge is 0.225 e. The summed E-state index contributed by atoms with van der Waals surface area (Å²) >= 11 is 0. The van der Waals surface area contributed by atoms with Gasteiger partial charge in [0.2, 0.25) is 5.91 Å².